The predicted molar refractivity (Wildman–Crippen MR) is 111 cm³/mol. The van der Waals surface area contributed by atoms with E-state index in [-0.39, 0.29) is 17.7 Å². The number of benzene rings is 2. The molecule has 0 saturated heterocycles. The van der Waals surface area contributed by atoms with Crippen LogP contribution in [0.15, 0.2) is 66.1 Å². The first-order chi connectivity index (χ1) is 13.1. The topological polar surface area (TPSA) is 63.1 Å². The summed E-state index contributed by atoms with van der Waals surface area (Å²) < 4.78 is 1.95. The first kappa shape index (κ1) is 19.0. The molecule has 0 spiro atoms. The van der Waals surface area contributed by atoms with Crippen molar-refractivity contribution in [3.8, 4) is 0 Å². The van der Waals surface area contributed by atoms with Crippen molar-refractivity contribution in [2.75, 3.05) is 23.0 Å². The van der Waals surface area contributed by atoms with Crippen molar-refractivity contribution in [1.29, 1.82) is 0 Å². The van der Waals surface area contributed by atoms with Gasteiger partial charge >= 0.3 is 0 Å². The summed E-state index contributed by atoms with van der Waals surface area (Å²) in [6, 6.07) is 18.1. The standard InChI is InChI=1S/C20H23N5OS/c1-15(2)25-14-21-23-20(25)27-13-19(26)22-17-11-7-8-12-18(17)24(3)16-9-5-4-6-10-16/h4-12,14-15H,13H2,1-3H3,(H,22,26). The molecule has 0 aliphatic rings. The molecular formula is C20H23N5OS. The maximum atomic E-state index is 12.5. The number of amides is 1. The van der Waals surface area contributed by atoms with Crippen molar-refractivity contribution in [3.05, 3.63) is 60.9 Å². The van der Waals surface area contributed by atoms with Gasteiger partial charge in [-0.25, -0.2) is 0 Å². The highest BCUT2D eigenvalue weighted by atomic mass is 32.2. The fourth-order valence-corrected chi connectivity index (χ4v) is 3.51. The lowest BCUT2D eigenvalue weighted by Gasteiger charge is -2.22. The van der Waals surface area contributed by atoms with Crippen LogP contribution in [0.1, 0.15) is 19.9 Å². The van der Waals surface area contributed by atoms with E-state index in [0.29, 0.717) is 0 Å². The molecule has 3 aromatic rings. The van der Waals surface area contributed by atoms with Crippen molar-refractivity contribution in [3.63, 3.8) is 0 Å². The van der Waals surface area contributed by atoms with E-state index >= 15 is 0 Å². The fourth-order valence-electron chi connectivity index (χ4n) is 2.67. The van der Waals surface area contributed by atoms with E-state index in [1.54, 1.807) is 6.33 Å². The second kappa shape index (κ2) is 8.73. The van der Waals surface area contributed by atoms with Crippen LogP contribution < -0.4 is 10.2 Å². The average molecular weight is 382 g/mol. The number of carbonyl (C=O) groups is 1. The molecule has 0 bridgehead atoms. The zero-order chi connectivity index (χ0) is 19.2. The summed E-state index contributed by atoms with van der Waals surface area (Å²) in [6.45, 7) is 4.12. The van der Waals surface area contributed by atoms with Gasteiger partial charge in [0.05, 0.1) is 17.1 Å². The molecule has 0 radical (unpaired) electrons. The molecule has 140 valence electrons. The Balaban J connectivity index is 1.69. The number of aromatic nitrogens is 3. The summed E-state index contributed by atoms with van der Waals surface area (Å²) in [7, 11) is 1.99. The Bertz CT molecular complexity index is 894. The molecule has 0 saturated carbocycles. The molecule has 1 heterocycles. The number of para-hydroxylation sites is 3. The Morgan fingerprint density at radius 1 is 1.15 bits per heavy atom. The van der Waals surface area contributed by atoms with Gasteiger partial charge in [0.25, 0.3) is 0 Å². The summed E-state index contributed by atoms with van der Waals surface area (Å²) in [5.74, 6) is 0.196. The third kappa shape index (κ3) is 4.68. The van der Waals surface area contributed by atoms with Crippen LogP contribution in [-0.2, 0) is 4.79 Å². The summed E-state index contributed by atoms with van der Waals surface area (Å²) in [5, 5.41) is 11.8. The Hall–Kier alpha value is -2.80. The first-order valence-corrected chi connectivity index (χ1v) is 9.75. The molecule has 0 fully saturated rings. The van der Waals surface area contributed by atoms with Gasteiger partial charge in [0.2, 0.25) is 5.91 Å². The number of hydrogen-bond donors (Lipinski definition) is 1. The van der Waals surface area contributed by atoms with E-state index in [0.717, 1.165) is 22.2 Å². The highest BCUT2D eigenvalue weighted by molar-refractivity contribution is 7.99. The quantitative estimate of drug-likeness (QED) is 0.616. The molecule has 3 rings (SSSR count). The zero-order valence-electron chi connectivity index (χ0n) is 15.7. The van der Waals surface area contributed by atoms with Gasteiger partial charge < -0.3 is 14.8 Å². The Morgan fingerprint density at radius 3 is 2.59 bits per heavy atom. The molecule has 1 amide bonds. The van der Waals surface area contributed by atoms with Gasteiger partial charge in [0, 0.05) is 18.8 Å². The van der Waals surface area contributed by atoms with Gasteiger partial charge in [-0.1, -0.05) is 42.1 Å². The van der Waals surface area contributed by atoms with Crippen LogP contribution in [0.4, 0.5) is 17.1 Å². The lowest BCUT2D eigenvalue weighted by atomic mass is 10.2. The number of carbonyl (C=O) groups excluding carboxylic acids is 1. The third-order valence-corrected chi connectivity index (χ3v) is 5.07. The van der Waals surface area contributed by atoms with Gasteiger partial charge in [-0.3, -0.25) is 4.79 Å². The van der Waals surface area contributed by atoms with Gasteiger partial charge in [-0.2, -0.15) is 0 Å². The van der Waals surface area contributed by atoms with Gasteiger partial charge in [0.1, 0.15) is 6.33 Å². The summed E-state index contributed by atoms with van der Waals surface area (Å²) >= 11 is 1.38. The molecule has 2 aromatic carbocycles. The average Bonchev–Trinajstić information content (AvgIpc) is 3.16. The van der Waals surface area contributed by atoms with Crippen molar-refractivity contribution in [2.45, 2.75) is 25.0 Å². The van der Waals surface area contributed by atoms with E-state index in [1.165, 1.54) is 11.8 Å². The molecule has 0 aliphatic heterocycles. The predicted octanol–water partition coefficient (Wildman–Crippen LogP) is 4.36. The van der Waals surface area contributed by atoms with Crippen LogP contribution in [0.3, 0.4) is 0 Å². The normalized spacial score (nSPS) is 10.8. The van der Waals surface area contributed by atoms with E-state index in [2.05, 4.69) is 34.3 Å². The second-order valence-electron chi connectivity index (χ2n) is 6.36. The van der Waals surface area contributed by atoms with E-state index in [9.17, 15) is 4.79 Å². The number of rotatable bonds is 7. The number of nitrogens with zero attached hydrogens (tertiary/aromatic N) is 4. The van der Waals surface area contributed by atoms with Crippen LogP contribution in [0.2, 0.25) is 0 Å². The minimum Gasteiger partial charge on any atom is -0.343 e. The van der Waals surface area contributed by atoms with Crippen LogP contribution >= 0.6 is 11.8 Å². The molecule has 0 atom stereocenters. The number of anilines is 3. The fraction of sp³-hybridized carbons (Fsp3) is 0.250. The van der Waals surface area contributed by atoms with Crippen LogP contribution in [-0.4, -0.2) is 33.5 Å². The molecule has 7 heteroatoms. The lowest BCUT2D eigenvalue weighted by Crippen LogP contribution is -2.18. The van der Waals surface area contributed by atoms with Gasteiger partial charge in [0.15, 0.2) is 5.16 Å². The number of thioether (sulfide) groups is 1. The van der Waals surface area contributed by atoms with Gasteiger partial charge in [-0.15, -0.1) is 10.2 Å². The Labute approximate surface area is 163 Å². The smallest absolute Gasteiger partial charge is 0.234 e. The molecule has 0 aliphatic carbocycles. The highest BCUT2D eigenvalue weighted by Gasteiger charge is 2.14. The van der Waals surface area contributed by atoms with E-state index < -0.39 is 0 Å². The number of nitrogens with one attached hydrogen (secondary N) is 1. The molecule has 0 unspecified atom stereocenters. The molecule has 27 heavy (non-hydrogen) atoms. The Morgan fingerprint density at radius 2 is 1.85 bits per heavy atom. The summed E-state index contributed by atoms with van der Waals surface area (Å²) in [6.07, 6.45) is 1.69. The van der Waals surface area contributed by atoms with Crippen LogP contribution in [0.5, 0.6) is 0 Å². The zero-order valence-corrected chi connectivity index (χ0v) is 16.5. The lowest BCUT2D eigenvalue weighted by molar-refractivity contribution is -0.113. The van der Waals surface area contributed by atoms with Crippen molar-refractivity contribution in [1.82, 2.24) is 14.8 Å². The SMILES string of the molecule is CC(C)n1cnnc1SCC(=O)Nc1ccccc1N(C)c1ccccc1. The van der Waals surface area contributed by atoms with Crippen molar-refractivity contribution in [2.24, 2.45) is 0 Å². The largest absolute Gasteiger partial charge is 0.343 e. The second-order valence-corrected chi connectivity index (χ2v) is 7.31. The Kier molecular flexibility index (Phi) is 6.13. The van der Waals surface area contributed by atoms with E-state index in [4.69, 9.17) is 0 Å². The summed E-state index contributed by atoms with van der Waals surface area (Å²) in [5.41, 5.74) is 2.77. The van der Waals surface area contributed by atoms with E-state index in [1.807, 2.05) is 66.2 Å². The third-order valence-electron chi connectivity index (χ3n) is 4.11. The van der Waals surface area contributed by atoms with Crippen molar-refractivity contribution >= 4 is 34.7 Å². The summed E-state index contributed by atoms with van der Waals surface area (Å²) in [4.78, 5) is 14.5. The highest BCUT2D eigenvalue weighted by Crippen LogP contribution is 2.30. The first-order valence-electron chi connectivity index (χ1n) is 8.76. The molecular weight excluding hydrogens is 358 g/mol. The molecule has 1 aromatic heterocycles. The minimum atomic E-state index is -0.0767. The molecule has 1 N–H and O–H groups in total. The minimum absolute atomic E-state index is 0.0767. The number of hydrogen-bond acceptors (Lipinski definition) is 5. The van der Waals surface area contributed by atoms with Crippen LogP contribution in [0, 0.1) is 0 Å². The maximum Gasteiger partial charge on any atom is 0.234 e. The van der Waals surface area contributed by atoms with Gasteiger partial charge in [-0.05, 0) is 38.1 Å². The monoisotopic (exact) mass is 381 g/mol. The van der Waals surface area contributed by atoms with Crippen molar-refractivity contribution < 1.29 is 4.79 Å². The maximum absolute atomic E-state index is 12.5. The molecule has 6 nitrogen and oxygen atoms in total. The van der Waals surface area contributed by atoms with Crippen LogP contribution in [0.25, 0.3) is 0 Å².